The molecular formula is C22H23NO5. The second-order valence-corrected chi connectivity index (χ2v) is 7.07. The van der Waals surface area contributed by atoms with E-state index in [-0.39, 0.29) is 31.3 Å². The molecule has 6 heteroatoms. The molecule has 6 nitrogen and oxygen atoms in total. The van der Waals surface area contributed by atoms with Gasteiger partial charge in [-0.1, -0.05) is 17.7 Å². The molecule has 0 atom stereocenters. The number of fused-ring (bicyclic) bond motifs is 1. The number of esters is 1. The normalized spacial score (nSPS) is 12.7. The maximum atomic E-state index is 12.3. The standard InChI is InChI=1S/C22H23NO5/c1-13-7-14(2)22(15(3)8-13)28-12-21(26)27-11-19(24)16-5-6-18-17(9-16)10-20(25)23(18)4/h5-9H,10-12H2,1-4H3. The number of benzene rings is 2. The zero-order valence-electron chi connectivity index (χ0n) is 16.5. The summed E-state index contributed by atoms with van der Waals surface area (Å²) in [4.78, 5) is 37.6. The number of ether oxygens (including phenoxy) is 2. The number of amides is 1. The molecule has 0 spiro atoms. The van der Waals surface area contributed by atoms with Crippen molar-refractivity contribution < 1.29 is 23.9 Å². The van der Waals surface area contributed by atoms with Gasteiger partial charge in [-0.25, -0.2) is 4.79 Å². The lowest BCUT2D eigenvalue weighted by Gasteiger charge is -2.13. The number of carbonyl (C=O) groups is 3. The Hall–Kier alpha value is -3.15. The Morgan fingerprint density at radius 1 is 1.04 bits per heavy atom. The Kier molecular flexibility index (Phi) is 5.49. The molecule has 0 fully saturated rings. The van der Waals surface area contributed by atoms with Gasteiger partial charge in [-0.3, -0.25) is 9.59 Å². The van der Waals surface area contributed by atoms with Crippen LogP contribution in [0.4, 0.5) is 5.69 Å². The quantitative estimate of drug-likeness (QED) is 0.568. The molecule has 0 saturated carbocycles. The maximum Gasteiger partial charge on any atom is 0.344 e. The molecule has 1 heterocycles. The van der Waals surface area contributed by atoms with E-state index >= 15 is 0 Å². The predicted octanol–water partition coefficient (Wildman–Crippen LogP) is 2.94. The highest BCUT2D eigenvalue weighted by molar-refractivity contribution is 6.03. The summed E-state index contributed by atoms with van der Waals surface area (Å²) in [5, 5.41) is 0. The smallest absolute Gasteiger partial charge is 0.344 e. The number of aryl methyl sites for hydroxylation is 3. The molecule has 2 aromatic rings. The van der Waals surface area contributed by atoms with Crippen molar-refractivity contribution in [2.24, 2.45) is 0 Å². The van der Waals surface area contributed by atoms with Gasteiger partial charge in [-0.05, 0) is 55.7 Å². The Morgan fingerprint density at radius 2 is 1.71 bits per heavy atom. The van der Waals surface area contributed by atoms with E-state index in [1.165, 1.54) is 0 Å². The van der Waals surface area contributed by atoms with Crippen molar-refractivity contribution in [2.75, 3.05) is 25.2 Å². The summed E-state index contributed by atoms with van der Waals surface area (Å²) in [5.41, 5.74) is 5.03. The van der Waals surface area contributed by atoms with Gasteiger partial charge in [-0.15, -0.1) is 0 Å². The van der Waals surface area contributed by atoms with Crippen molar-refractivity contribution in [3.63, 3.8) is 0 Å². The van der Waals surface area contributed by atoms with E-state index < -0.39 is 5.97 Å². The summed E-state index contributed by atoms with van der Waals surface area (Å²) >= 11 is 0. The van der Waals surface area contributed by atoms with Crippen molar-refractivity contribution >= 4 is 23.3 Å². The number of hydrogen-bond acceptors (Lipinski definition) is 5. The van der Waals surface area contributed by atoms with Gasteiger partial charge >= 0.3 is 5.97 Å². The van der Waals surface area contributed by atoms with Crippen LogP contribution in [0.1, 0.15) is 32.6 Å². The number of anilines is 1. The first kappa shape index (κ1) is 19.6. The molecule has 0 unspecified atom stereocenters. The first-order valence-electron chi connectivity index (χ1n) is 9.05. The van der Waals surface area contributed by atoms with Crippen LogP contribution in [0.5, 0.6) is 5.75 Å². The van der Waals surface area contributed by atoms with E-state index in [0.717, 1.165) is 27.9 Å². The van der Waals surface area contributed by atoms with E-state index in [1.54, 1.807) is 30.1 Å². The number of rotatable bonds is 6. The van der Waals surface area contributed by atoms with Crippen molar-refractivity contribution in [2.45, 2.75) is 27.2 Å². The van der Waals surface area contributed by atoms with Crippen LogP contribution in [0.2, 0.25) is 0 Å². The Balaban J connectivity index is 1.55. The molecular weight excluding hydrogens is 358 g/mol. The highest BCUT2D eigenvalue weighted by atomic mass is 16.6. The highest BCUT2D eigenvalue weighted by Crippen LogP contribution is 2.28. The summed E-state index contributed by atoms with van der Waals surface area (Å²) in [6, 6.07) is 9.02. The largest absolute Gasteiger partial charge is 0.481 e. The minimum Gasteiger partial charge on any atom is -0.481 e. The van der Waals surface area contributed by atoms with Crippen LogP contribution >= 0.6 is 0 Å². The molecule has 0 N–H and O–H groups in total. The lowest BCUT2D eigenvalue weighted by atomic mass is 10.1. The molecule has 0 aliphatic carbocycles. The van der Waals surface area contributed by atoms with E-state index in [0.29, 0.717) is 11.3 Å². The summed E-state index contributed by atoms with van der Waals surface area (Å²) < 4.78 is 10.6. The highest BCUT2D eigenvalue weighted by Gasteiger charge is 2.25. The molecule has 0 radical (unpaired) electrons. The average molecular weight is 381 g/mol. The van der Waals surface area contributed by atoms with E-state index in [1.807, 2.05) is 32.9 Å². The molecule has 0 aromatic heterocycles. The SMILES string of the molecule is Cc1cc(C)c(OCC(=O)OCC(=O)c2ccc3c(c2)CC(=O)N3C)c(C)c1. The Morgan fingerprint density at radius 3 is 2.39 bits per heavy atom. The lowest BCUT2D eigenvalue weighted by Crippen LogP contribution is -2.20. The van der Waals surface area contributed by atoms with Crippen LogP contribution in [-0.2, 0) is 20.7 Å². The molecule has 146 valence electrons. The molecule has 1 aliphatic heterocycles. The van der Waals surface area contributed by atoms with Crippen LogP contribution < -0.4 is 9.64 Å². The van der Waals surface area contributed by atoms with Gasteiger partial charge in [0.15, 0.2) is 19.0 Å². The first-order chi connectivity index (χ1) is 13.3. The number of nitrogens with zero attached hydrogens (tertiary/aromatic N) is 1. The lowest BCUT2D eigenvalue weighted by molar-refractivity contribution is -0.144. The number of likely N-dealkylation sites (N-methyl/N-ethyl adjacent to an activating group) is 1. The maximum absolute atomic E-state index is 12.3. The third-order valence-electron chi connectivity index (χ3n) is 4.78. The molecule has 1 aliphatic rings. The molecule has 28 heavy (non-hydrogen) atoms. The van der Waals surface area contributed by atoms with Gasteiger partial charge in [0.05, 0.1) is 6.42 Å². The third-order valence-corrected chi connectivity index (χ3v) is 4.78. The third kappa shape index (κ3) is 4.06. The van der Waals surface area contributed by atoms with Crippen molar-refractivity contribution in [1.82, 2.24) is 0 Å². The monoisotopic (exact) mass is 381 g/mol. The topological polar surface area (TPSA) is 72.9 Å². The van der Waals surface area contributed by atoms with E-state index in [2.05, 4.69) is 0 Å². The molecule has 3 rings (SSSR count). The Labute approximate surface area is 164 Å². The second-order valence-electron chi connectivity index (χ2n) is 7.07. The second kappa shape index (κ2) is 7.84. The minimum absolute atomic E-state index is 0.00938. The zero-order chi connectivity index (χ0) is 20.4. The summed E-state index contributed by atoms with van der Waals surface area (Å²) in [5.74, 6) is -0.282. The van der Waals surface area contributed by atoms with Crippen molar-refractivity contribution in [3.05, 3.63) is 58.1 Å². The Bertz CT molecular complexity index is 940. The fourth-order valence-electron chi connectivity index (χ4n) is 3.44. The van der Waals surface area contributed by atoms with Gasteiger partial charge in [0.25, 0.3) is 0 Å². The van der Waals surface area contributed by atoms with Gasteiger partial charge in [0.2, 0.25) is 5.91 Å². The van der Waals surface area contributed by atoms with E-state index in [9.17, 15) is 14.4 Å². The van der Waals surface area contributed by atoms with Gasteiger partial charge in [0.1, 0.15) is 5.75 Å². The summed E-state index contributed by atoms with van der Waals surface area (Å²) in [6.07, 6.45) is 0.274. The number of ketones is 1. The zero-order valence-corrected chi connectivity index (χ0v) is 16.5. The van der Waals surface area contributed by atoms with Crippen LogP contribution in [0.15, 0.2) is 30.3 Å². The van der Waals surface area contributed by atoms with Crippen LogP contribution in [0, 0.1) is 20.8 Å². The van der Waals surface area contributed by atoms with Crippen molar-refractivity contribution in [1.29, 1.82) is 0 Å². The number of carbonyl (C=O) groups excluding carboxylic acids is 3. The average Bonchev–Trinajstić information content (AvgIpc) is 2.92. The molecule has 0 saturated heterocycles. The van der Waals surface area contributed by atoms with Gasteiger partial charge in [-0.2, -0.15) is 0 Å². The van der Waals surface area contributed by atoms with E-state index in [4.69, 9.17) is 9.47 Å². The molecule has 0 bridgehead atoms. The minimum atomic E-state index is -0.608. The molecule has 2 aromatic carbocycles. The fraction of sp³-hybridized carbons (Fsp3) is 0.318. The van der Waals surface area contributed by atoms with Crippen LogP contribution in [0.25, 0.3) is 0 Å². The van der Waals surface area contributed by atoms with Gasteiger partial charge in [0, 0.05) is 18.3 Å². The summed E-state index contributed by atoms with van der Waals surface area (Å²) in [6.45, 7) is 5.20. The number of hydrogen-bond donors (Lipinski definition) is 0. The predicted molar refractivity (Wildman–Crippen MR) is 105 cm³/mol. The van der Waals surface area contributed by atoms with Gasteiger partial charge < -0.3 is 14.4 Å². The van der Waals surface area contributed by atoms with Crippen LogP contribution in [0.3, 0.4) is 0 Å². The first-order valence-corrected chi connectivity index (χ1v) is 9.05. The molecule has 1 amide bonds. The fourth-order valence-corrected chi connectivity index (χ4v) is 3.44. The van der Waals surface area contributed by atoms with Crippen molar-refractivity contribution in [3.8, 4) is 5.75 Å². The summed E-state index contributed by atoms with van der Waals surface area (Å²) in [7, 11) is 1.70. The number of Topliss-reactive ketones (excluding diaryl/α,β-unsaturated/α-hetero) is 1. The van der Waals surface area contributed by atoms with Crippen LogP contribution in [-0.4, -0.2) is 37.9 Å².